The van der Waals surface area contributed by atoms with Crippen LogP contribution in [0.15, 0.2) is 133 Å². The molecule has 1 aliphatic carbocycles. The van der Waals surface area contributed by atoms with E-state index in [0.29, 0.717) is 0 Å². The number of hydrogen-bond acceptors (Lipinski definition) is 2. The second-order valence-electron chi connectivity index (χ2n) is 15.1. The Hall–Kier alpha value is -5.08. The lowest BCUT2D eigenvalue weighted by Crippen LogP contribution is -2.33. The van der Waals surface area contributed by atoms with Gasteiger partial charge >= 0.3 is 0 Å². The summed E-state index contributed by atoms with van der Waals surface area (Å²) in [6.45, 7) is 14.3. The van der Waals surface area contributed by atoms with Crippen molar-refractivity contribution in [3.8, 4) is 11.1 Å². The molecule has 47 heavy (non-hydrogen) atoms. The highest BCUT2D eigenvalue weighted by molar-refractivity contribution is 5.93. The van der Waals surface area contributed by atoms with E-state index in [1.165, 1.54) is 78.6 Å². The van der Waals surface area contributed by atoms with Gasteiger partial charge in [0.25, 0.3) is 0 Å². The van der Waals surface area contributed by atoms with Crippen molar-refractivity contribution in [3.63, 3.8) is 0 Å². The maximum Gasteiger partial charge on any atom is 0.0506 e. The summed E-state index contributed by atoms with van der Waals surface area (Å²) >= 11 is 0. The minimum absolute atomic E-state index is 0.0690. The van der Waals surface area contributed by atoms with Gasteiger partial charge in [0.1, 0.15) is 0 Å². The highest BCUT2D eigenvalue weighted by atomic mass is 15.2. The van der Waals surface area contributed by atoms with E-state index in [2.05, 4.69) is 185 Å². The number of rotatable bonds is 2. The number of para-hydroxylation sites is 3. The van der Waals surface area contributed by atoms with Crippen LogP contribution in [0.4, 0.5) is 34.1 Å². The summed E-state index contributed by atoms with van der Waals surface area (Å²) in [6.07, 6.45) is 0. The van der Waals surface area contributed by atoms with Gasteiger partial charge in [0.05, 0.1) is 22.7 Å². The molecule has 0 atom stereocenters. The second kappa shape index (κ2) is 9.48. The molecule has 0 saturated heterocycles. The summed E-state index contributed by atoms with van der Waals surface area (Å²) in [6, 6.07) is 49.9. The van der Waals surface area contributed by atoms with Crippen molar-refractivity contribution < 1.29 is 0 Å². The summed E-state index contributed by atoms with van der Waals surface area (Å²) in [4.78, 5) is 4.98. The monoisotopic (exact) mass is 608 g/mol. The van der Waals surface area contributed by atoms with Crippen LogP contribution in [-0.4, -0.2) is 0 Å². The highest BCUT2D eigenvalue weighted by Gasteiger charge is 2.43. The summed E-state index contributed by atoms with van der Waals surface area (Å²) in [5, 5.41) is 0. The van der Waals surface area contributed by atoms with Crippen molar-refractivity contribution in [1.82, 2.24) is 0 Å². The molecule has 0 saturated carbocycles. The molecule has 6 aromatic carbocycles. The normalized spacial score (nSPS) is 17.1. The van der Waals surface area contributed by atoms with E-state index in [9.17, 15) is 0 Å². The van der Waals surface area contributed by atoms with Crippen LogP contribution in [0.2, 0.25) is 0 Å². The van der Waals surface area contributed by atoms with Crippen molar-refractivity contribution in [2.45, 2.75) is 57.8 Å². The van der Waals surface area contributed by atoms with Gasteiger partial charge < -0.3 is 9.80 Å². The minimum Gasteiger partial charge on any atom is -0.310 e. The number of benzene rings is 6. The number of fused-ring (bicyclic) bond motifs is 7. The molecular weight excluding hydrogens is 569 g/mol. The Morgan fingerprint density at radius 1 is 0.319 bits per heavy atom. The van der Waals surface area contributed by atoms with Crippen molar-refractivity contribution in [1.29, 1.82) is 0 Å². The zero-order chi connectivity index (χ0) is 32.3. The largest absolute Gasteiger partial charge is 0.310 e. The second-order valence-corrected chi connectivity index (χ2v) is 15.1. The van der Waals surface area contributed by atoms with Gasteiger partial charge in [-0.2, -0.15) is 0 Å². The third-order valence-electron chi connectivity index (χ3n) is 11.4. The summed E-state index contributed by atoms with van der Waals surface area (Å²) in [5.41, 5.74) is 17.9. The fourth-order valence-electron chi connectivity index (χ4n) is 8.86. The fourth-order valence-corrected chi connectivity index (χ4v) is 8.86. The van der Waals surface area contributed by atoms with E-state index in [1.54, 1.807) is 0 Å². The molecule has 2 heterocycles. The van der Waals surface area contributed by atoms with E-state index in [1.807, 2.05) is 0 Å². The van der Waals surface area contributed by atoms with Gasteiger partial charge in [0.2, 0.25) is 0 Å². The Bertz CT molecular complexity index is 2190. The summed E-state index contributed by atoms with van der Waals surface area (Å²) < 4.78 is 0. The predicted octanol–water partition coefficient (Wildman–Crippen LogP) is 12.2. The third-order valence-corrected chi connectivity index (χ3v) is 11.4. The molecule has 0 radical (unpaired) electrons. The van der Waals surface area contributed by atoms with E-state index >= 15 is 0 Å². The third kappa shape index (κ3) is 3.73. The smallest absolute Gasteiger partial charge is 0.0506 e. The average Bonchev–Trinajstić information content (AvgIpc) is 3.31. The quantitative estimate of drug-likeness (QED) is 0.193. The zero-order valence-corrected chi connectivity index (χ0v) is 28.1. The summed E-state index contributed by atoms with van der Waals surface area (Å²) in [7, 11) is 0. The molecule has 9 rings (SSSR count). The first-order valence-corrected chi connectivity index (χ1v) is 16.9. The average molecular weight is 609 g/mol. The summed E-state index contributed by atoms with van der Waals surface area (Å²) in [5.74, 6) is 0. The first kappa shape index (κ1) is 28.2. The molecule has 6 aromatic rings. The predicted molar refractivity (Wildman–Crippen MR) is 198 cm³/mol. The van der Waals surface area contributed by atoms with Crippen molar-refractivity contribution >= 4 is 34.1 Å². The Morgan fingerprint density at radius 2 is 0.809 bits per heavy atom. The number of anilines is 6. The van der Waals surface area contributed by atoms with E-state index in [4.69, 9.17) is 0 Å². The first-order valence-electron chi connectivity index (χ1n) is 16.9. The topological polar surface area (TPSA) is 6.48 Å². The molecule has 0 fully saturated rings. The van der Waals surface area contributed by atoms with Crippen molar-refractivity contribution in [2.75, 3.05) is 9.80 Å². The van der Waals surface area contributed by atoms with Gasteiger partial charge in [-0.25, -0.2) is 0 Å². The first-order chi connectivity index (χ1) is 22.6. The lowest BCUT2D eigenvalue weighted by Gasteiger charge is -2.45. The molecule has 0 unspecified atom stereocenters. The molecule has 2 aliphatic heterocycles. The van der Waals surface area contributed by atoms with Crippen LogP contribution in [0.5, 0.6) is 0 Å². The Balaban J connectivity index is 1.30. The molecular formula is C45H40N2. The van der Waals surface area contributed by atoms with E-state index in [-0.39, 0.29) is 16.2 Å². The molecule has 0 bridgehead atoms. The van der Waals surface area contributed by atoms with Crippen LogP contribution < -0.4 is 9.80 Å². The maximum absolute atomic E-state index is 2.51. The molecule has 2 nitrogen and oxygen atoms in total. The van der Waals surface area contributed by atoms with Crippen LogP contribution in [0.1, 0.15) is 74.9 Å². The van der Waals surface area contributed by atoms with Gasteiger partial charge in [0.15, 0.2) is 0 Å². The standard InChI is InChI=1S/C45H40N2/c1-43(2)33-19-11-10-18-31(33)32-27-38-42(28-36(32)43)46(29-16-8-7-9-17-29)41-25-24-30(26-37(41)45(38,5)6)47-39-22-14-12-20-34(39)44(3,4)35-21-13-15-23-40(35)47/h7-28H,1-6H3. The molecule has 2 heteroatoms. The molecule has 0 aromatic heterocycles. The molecule has 3 aliphatic rings. The lowest BCUT2D eigenvalue weighted by molar-refractivity contribution is 0.625. The SMILES string of the molecule is CC1(C)c2ccccc2-c2cc3c(cc21)N(c1ccccc1)c1ccc(N2c4ccccc4C(C)(C)c4ccccc42)cc1C3(C)C. The number of nitrogens with zero attached hydrogens (tertiary/aromatic N) is 2. The fraction of sp³-hybridized carbons (Fsp3) is 0.200. The molecule has 0 N–H and O–H groups in total. The highest BCUT2D eigenvalue weighted by Crippen LogP contribution is 2.59. The van der Waals surface area contributed by atoms with Crippen LogP contribution in [0.25, 0.3) is 11.1 Å². The van der Waals surface area contributed by atoms with Crippen LogP contribution in [-0.2, 0) is 16.2 Å². The van der Waals surface area contributed by atoms with Gasteiger partial charge in [-0.15, -0.1) is 0 Å². The van der Waals surface area contributed by atoms with Gasteiger partial charge in [-0.1, -0.05) is 120 Å². The van der Waals surface area contributed by atoms with Crippen LogP contribution in [0.3, 0.4) is 0 Å². The Morgan fingerprint density at radius 3 is 1.49 bits per heavy atom. The van der Waals surface area contributed by atoms with Crippen LogP contribution in [0, 0.1) is 0 Å². The van der Waals surface area contributed by atoms with Crippen molar-refractivity contribution in [3.05, 3.63) is 167 Å². The molecule has 230 valence electrons. The maximum atomic E-state index is 2.51. The van der Waals surface area contributed by atoms with Gasteiger partial charge in [-0.05, 0) is 99.1 Å². The number of hydrogen-bond donors (Lipinski definition) is 0. The van der Waals surface area contributed by atoms with E-state index in [0.717, 1.165) is 0 Å². The molecule has 0 spiro atoms. The van der Waals surface area contributed by atoms with Gasteiger partial charge in [-0.3, -0.25) is 0 Å². The minimum atomic E-state index is -0.239. The van der Waals surface area contributed by atoms with Gasteiger partial charge in [0, 0.05) is 27.6 Å². The van der Waals surface area contributed by atoms with Crippen molar-refractivity contribution in [2.24, 2.45) is 0 Å². The van der Waals surface area contributed by atoms with Crippen LogP contribution >= 0.6 is 0 Å². The van der Waals surface area contributed by atoms with E-state index < -0.39 is 0 Å². The Labute approximate surface area is 279 Å². The Kier molecular flexibility index (Phi) is 5.68. The molecule has 0 amide bonds. The lowest BCUT2D eigenvalue weighted by atomic mass is 9.71. The zero-order valence-electron chi connectivity index (χ0n) is 28.1.